The minimum absolute atomic E-state index is 0.220. The molecule has 0 atom stereocenters. The van der Waals surface area contributed by atoms with Gasteiger partial charge in [0.15, 0.2) is 23.0 Å². The van der Waals surface area contributed by atoms with Crippen molar-refractivity contribution in [1.82, 2.24) is 10.7 Å². The van der Waals surface area contributed by atoms with E-state index >= 15 is 0 Å². The highest BCUT2D eigenvalue weighted by Gasteiger charge is 2.17. The van der Waals surface area contributed by atoms with Crippen molar-refractivity contribution in [3.63, 3.8) is 0 Å². The molecule has 3 aromatic rings. The van der Waals surface area contributed by atoms with Gasteiger partial charge in [0.25, 0.3) is 11.8 Å². The van der Waals surface area contributed by atoms with E-state index < -0.39 is 17.8 Å². The van der Waals surface area contributed by atoms with Crippen molar-refractivity contribution >= 4 is 24.0 Å². The third-order valence-corrected chi connectivity index (χ3v) is 5.22. The molecule has 3 rings (SSSR count). The van der Waals surface area contributed by atoms with Crippen LogP contribution >= 0.6 is 0 Å². The van der Waals surface area contributed by atoms with Crippen molar-refractivity contribution in [1.29, 1.82) is 0 Å². The molecule has 0 aliphatic carbocycles. The van der Waals surface area contributed by atoms with Gasteiger partial charge in [0.05, 0.1) is 46.3 Å². The van der Waals surface area contributed by atoms with Crippen molar-refractivity contribution in [3.05, 3.63) is 77.4 Å². The highest BCUT2D eigenvalue weighted by Crippen LogP contribution is 2.38. The van der Waals surface area contributed by atoms with Crippen LogP contribution in [0.3, 0.4) is 0 Å². The lowest BCUT2D eigenvalue weighted by molar-refractivity contribution is -0.120. The summed E-state index contributed by atoms with van der Waals surface area (Å²) in [6.07, 6.45) is 1.39. The first-order valence-electron chi connectivity index (χ1n) is 11.8. The Balaban J connectivity index is 1.58. The smallest absolute Gasteiger partial charge is 0.343 e. The predicted octanol–water partition coefficient (Wildman–Crippen LogP) is 3.21. The number of esters is 1. The van der Waals surface area contributed by atoms with Crippen molar-refractivity contribution in [2.75, 3.05) is 34.5 Å². The molecule has 11 heteroatoms. The summed E-state index contributed by atoms with van der Waals surface area (Å²) in [5, 5.41) is 6.42. The molecule has 0 aromatic heterocycles. The van der Waals surface area contributed by atoms with Gasteiger partial charge in [-0.25, -0.2) is 10.2 Å². The zero-order chi connectivity index (χ0) is 28.2. The van der Waals surface area contributed by atoms with E-state index in [1.54, 1.807) is 55.5 Å². The summed E-state index contributed by atoms with van der Waals surface area (Å²) in [5.41, 5.74) is 3.55. The minimum atomic E-state index is -0.550. The first kappa shape index (κ1) is 28.5. The molecule has 39 heavy (non-hydrogen) atoms. The second-order valence-corrected chi connectivity index (χ2v) is 7.78. The van der Waals surface area contributed by atoms with Gasteiger partial charge in [0.1, 0.15) is 0 Å². The summed E-state index contributed by atoms with van der Waals surface area (Å²) in [7, 11) is 4.33. The maximum absolute atomic E-state index is 12.5. The molecule has 2 amide bonds. The van der Waals surface area contributed by atoms with Crippen LogP contribution in [0.25, 0.3) is 0 Å². The quantitative estimate of drug-likeness (QED) is 0.156. The summed E-state index contributed by atoms with van der Waals surface area (Å²) in [4.78, 5) is 37.1. The van der Waals surface area contributed by atoms with E-state index in [4.69, 9.17) is 23.7 Å². The van der Waals surface area contributed by atoms with Crippen LogP contribution in [0.1, 0.15) is 33.2 Å². The molecular formula is C28H29N3O8. The van der Waals surface area contributed by atoms with Gasteiger partial charge < -0.3 is 29.0 Å². The number of hydrazone groups is 1. The molecule has 204 valence electrons. The molecular weight excluding hydrogens is 506 g/mol. The van der Waals surface area contributed by atoms with Crippen LogP contribution in [0.4, 0.5) is 0 Å². The average Bonchev–Trinajstić information content (AvgIpc) is 2.96. The van der Waals surface area contributed by atoms with Crippen LogP contribution in [0.15, 0.2) is 65.8 Å². The van der Waals surface area contributed by atoms with E-state index in [0.717, 1.165) is 0 Å². The van der Waals surface area contributed by atoms with Crippen molar-refractivity contribution in [2.24, 2.45) is 5.10 Å². The van der Waals surface area contributed by atoms with Crippen LogP contribution in [-0.4, -0.2) is 58.5 Å². The Morgan fingerprint density at radius 3 is 2.13 bits per heavy atom. The number of carbonyl (C=O) groups is 3. The SMILES string of the molecule is CCOc1cc(C=NNC(=O)CNC(=O)c2cc(OC)c(OC)c(OC)c2)ccc1OC(=O)c1ccccc1. The lowest BCUT2D eigenvalue weighted by atomic mass is 10.1. The zero-order valence-corrected chi connectivity index (χ0v) is 22.0. The largest absolute Gasteiger partial charge is 0.493 e. The fourth-order valence-electron chi connectivity index (χ4n) is 3.38. The number of methoxy groups -OCH3 is 3. The number of benzene rings is 3. The van der Waals surface area contributed by atoms with E-state index in [1.165, 1.54) is 39.7 Å². The van der Waals surface area contributed by atoms with Crippen molar-refractivity contribution in [3.8, 4) is 28.7 Å². The third-order valence-electron chi connectivity index (χ3n) is 5.22. The topological polar surface area (TPSA) is 134 Å². The standard InChI is InChI=1S/C28H29N3O8/c1-5-38-22-13-18(11-12-21(22)39-28(34)19-9-7-6-8-10-19)16-30-31-25(32)17-29-27(33)20-14-23(35-2)26(37-4)24(15-20)36-3/h6-16H,5,17H2,1-4H3,(H,29,33)(H,31,32). The first-order chi connectivity index (χ1) is 18.9. The second kappa shape index (κ2) is 14.0. The number of amides is 2. The van der Waals surface area contributed by atoms with Crippen LogP contribution in [0.2, 0.25) is 0 Å². The molecule has 0 saturated carbocycles. The fraction of sp³-hybridized carbons (Fsp3) is 0.214. The molecule has 11 nitrogen and oxygen atoms in total. The molecule has 0 aliphatic heterocycles. The van der Waals surface area contributed by atoms with Crippen LogP contribution in [0, 0.1) is 0 Å². The number of carbonyl (C=O) groups excluding carboxylic acids is 3. The zero-order valence-electron chi connectivity index (χ0n) is 22.0. The number of hydrogen-bond donors (Lipinski definition) is 2. The highest BCUT2D eigenvalue weighted by atomic mass is 16.6. The monoisotopic (exact) mass is 535 g/mol. The number of hydrogen-bond acceptors (Lipinski definition) is 9. The molecule has 0 bridgehead atoms. The Morgan fingerprint density at radius 1 is 0.821 bits per heavy atom. The third kappa shape index (κ3) is 7.71. The van der Waals surface area contributed by atoms with Gasteiger partial charge in [-0.3, -0.25) is 9.59 Å². The van der Waals surface area contributed by atoms with Gasteiger partial charge >= 0.3 is 5.97 Å². The highest BCUT2D eigenvalue weighted by molar-refractivity contribution is 5.97. The number of ether oxygens (including phenoxy) is 5. The Kier molecular flexibility index (Phi) is 10.3. The van der Waals surface area contributed by atoms with E-state index in [-0.39, 0.29) is 17.9 Å². The Bertz CT molecular complexity index is 1320. The Labute approximate surface area is 225 Å². The summed E-state index contributed by atoms with van der Waals surface area (Å²) < 4.78 is 26.8. The maximum Gasteiger partial charge on any atom is 0.343 e. The molecule has 0 heterocycles. The molecule has 0 fully saturated rings. The maximum atomic E-state index is 12.5. The second-order valence-electron chi connectivity index (χ2n) is 7.78. The van der Waals surface area contributed by atoms with Crippen LogP contribution in [-0.2, 0) is 4.79 Å². The van der Waals surface area contributed by atoms with Crippen molar-refractivity contribution < 1.29 is 38.1 Å². The van der Waals surface area contributed by atoms with Gasteiger partial charge in [-0.1, -0.05) is 18.2 Å². The van der Waals surface area contributed by atoms with E-state index in [2.05, 4.69) is 15.8 Å². The summed E-state index contributed by atoms with van der Waals surface area (Å²) in [6, 6.07) is 16.4. The Morgan fingerprint density at radius 2 is 1.51 bits per heavy atom. The number of nitrogens with zero attached hydrogens (tertiary/aromatic N) is 1. The van der Waals surface area contributed by atoms with E-state index in [0.29, 0.717) is 40.7 Å². The van der Waals surface area contributed by atoms with Crippen LogP contribution in [0.5, 0.6) is 28.7 Å². The molecule has 0 unspecified atom stereocenters. The number of nitrogens with one attached hydrogen (secondary N) is 2. The average molecular weight is 536 g/mol. The number of rotatable bonds is 12. The Hall–Kier alpha value is -5.06. The van der Waals surface area contributed by atoms with Gasteiger partial charge in [-0.2, -0.15) is 5.10 Å². The van der Waals surface area contributed by atoms with Gasteiger partial charge in [0.2, 0.25) is 5.75 Å². The van der Waals surface area contributed by atoms with E-state index in [1.807, 2.05) is 0 Å². The van der Waals surface area contributed by atoms with Gasteiger partial charge in [0, 0.05) is 5.56 Å². The summed E-state index contributed by atoms with van der Waals surface area (Å²) >= 11 is 0. The minimum Gasteiger partial charge on any atom is -0.493 e. The van der Waals surface area contributed by atoms with Gasteiger partial charge in [-0.05, 0) is 55.0 Å². The summed E-state index contributed by atoms with van der Waals surface area (Å²) in [5.74, 6) is -0.0269. The van der Waals surface area contributed by atoms with Crippen molar-refractivity contribution in [2.45, 2.75) is 6.92 Å². The van der Waals surface area contributed by atoms with Gasteiger partial charge in [-0.15, -0.1) is 0 Å². The van der Waals surface area contributed by atoms with E-state index in [9.17, 15) is 14.4 Å². The molecule has 0 spiro atoms. The van der Waals surface area contributed by atoms with Crippen LogP contribution < -0.4 is 34.4 Å². The predicted molar refractivity (Wildman–Crippen MR) is 143 cm³/mol. The first-order valence-corrected chi connectivity index (χ1v) is 11.8. The molecule has 0 radical (unpaired) electrons. The summed E-state index contributed by atoms with van der Waals surface area (Å²) in [6.45, 7) is 1.82. The lowest BCUT2D eigenvalue weighted by Gasteiger charge is -2.14. The molecule has 0 aliphatic rings. The molecule has 3 aromatic carbocycles. The fourth-order valence-corrected chi connectivity index (χ4v) is 3.38. The lowest BCUT2D eigenvalue weighted by Crippen LogP contribution is -2.34. The molecule has 2 N–H and O–H groups in total. The normalized spacial score (nSPS) is 10.5. The molecule has 0 saturated heterocycles.